The lowest BCUT2D eigenvalue weighted by atomic mass is 9.87. The van der Waals surface area contributed by atoms with Crippen molar-refractivity contribution in [3.8, 4) is 22.6 Å². The fourth-order valence-electron chi connectivity index (χ4n) is 5.05. The smallest absolute Gasteiger partial charge is 0.251 e. The predicted octanol–water partition coefficient (Wildman–Crippen LogP) is 4.10. The van der Waals surface area contributed by atoms with Crippen LogP contribution in [0.15, 0.2) is 60.7 Å². The van der Waals surface area contributed by atoms with Gasteiger partial charge in [-0.1, -0.05) is 43.3 Å². The number of carbonyl (C=O) groups excluding carboxylic acids is 2. The zero-order valence-corrected chi connectivity index (χ0v) is 21.8. The fraction of sp³-hybridized carbons (Fsp3) is 0.355. The van der Waals surface area contributed by atoms with Crippen LogP contribution in [0.2, 0.25) is 0 Å². The Hall–Kier alpha value is -3.68. The van der Waals surface area contributed by atoms with E-state index in [1.54, 1.807) is 19.1 Å². The molecule has 1 saturated carbocycles. The minimum absolute atomic E-state index is 0.199. The molecule has 7 nitrogen and oxygen atoms in total. The number of carbonyl (C=O) groups is 2. The summed E-state index contributed by atoms with van der Waals surface area (Å²) in [6.07, 6.45) is 2.41. The van der Waals surface area contributed by atoms with Crippen LogP contribution in [0.5, 0.6) is 11.5 Å². The maximum atomic E-state index is 13.5. The van der Waals surface area contributed by atoms with Crippen molar-refractivity contribution < 1.29 is 29.3 Å². The van der Waals surface area contributed by atoms with Gasteiger partial charge in [0.25, 0.3) is 5.91 Å². The Kier molecular flexibility index (Phi) is 6.99. The Morgan fingerprint density at radius 1 is 0.947 bits per heavy atom. The molecule has 1 heterocycles. The van der Waals surface area contributed by atoms with E-state index in [1.807, 2.05) is 49.4 Å². The second-order valence-corrected chi connectivity index (χ2v) is 10.4. The number of Topliss-reactive ketones (excluding diaryl/α,β-unsaturated/α-hetero) is 1. The SMILES string of the molecule is CCC(CO)(CO)NC(=O)c1ccc(-c2cc(CC(=O)C3(c4ccc5c(c4)OCO5)CC3)ccc2C)cc1. The Morgan fingerprint density at radius 2 is 1.66 bits per heavy atom. The molecule has 0 radical (unpaired) electrons. The lowest BCUT2D eigenvalue weighted by Crippen LogP contribution is -2.53. The van der Waals surface area contributed by atoms with Crippen LogP contribution in [0, 0.1) is 6.92 Å². The molecule has 3 N–H and O–H groups in total. The average Bonchev–Trinajstić information content (AvgIpc) is 3.63. The van der Waals surface area contributed by atoms with Gasteiger partial charge in [0, 0.05) is 12.0 Å². The molecule has 7 heteroatoms. The van der Waals surface area contributed by atoms with Crippen LogP contribution in [0.4, 0.5) is 0 Å². The van der Waals surface area contributed by atoms with Crippen LogP contribution < -0.4 is 14.8 Å². The molecule has 1 amide bonds. The highest BCUT2D eigenvalue weighted by atomic mass is 16.7. The Labute approximate surface area is 222 Å². The third-order valence-electron chi connectivity index (χ3n) is 7.99. The summed E-state index contributed by atoms with van der Waals surface area (Å²) >= 11 is 0. The number of aliphatic hydroxyl groups is 2. The number of amides is 1. The quantitative estimate of drug-likeness (QED) is 0.376. The normalized spacial score (nSPS) is 15.3. The number of fused-ring (bicyclic) bond motifs is 1. The lowest BCUT2D eigenvalue weighted by molar-refractivity contribution is -0.120. The first-order chi connectivity index (χ1) is 18.3. The van der Waals surface area contributed by atoms with Gasteiger partial charge in [-0.15, -0.1) is 0 Å². The van der Waals surface area contributed by atoms with E-state index in [2.05, 4.69) is 11.4 Å². The average molecular weight is 516 g/mol. The molecule has 0 spiro atoms. The van der Waals surface area contributed by atoms with E-state index in [0.717, 1.165) is 46.4 Å². The highest BCUT2D eigenvalue weighted by molar-refractivity contribution is 5.96. The summed E-state index contributed by atoms with van der Waals surface area (Å²) in [7, 11) is 0. The number of hydrogen-bond donors (Lipinski definition) is 3. The number of ether oxygens (including phenoxy) is 2. The van der Waals surface area contributed by atoms with Gasteiger partial charge in [0.05, 0.1) is 24.2 Å². The van der Waals surface area contributed by atoms with Crippen LogP contribution in [0.3, 0.4) is 0 Å². The van der Waals surface area contributed by atoms with Gasteiger partial charge < -0.3 is 25.0 Å². The van der Waals surface area contributed by atoms with Crippen molar-refractivity contribution in [3.05, 3.63) is 82.9 Å². The van der Waals surface area contributed by atoms with E-state index in [4.69, 9.17) is 9.47 Å². The van der Waals surface area contributed by atoms with Gasteiger partial charge in [-0.2, -0.15) is 0 Å². The van der Waals surface area contributed by atoms with Crippen molar-refractivity contribution >= 4 is 11.7 Å². The number of aliphatic hydroxyl groups excluding tert-OH is 2. The topological polar surface area (TPSA) is 105 Å². The molecule has 0 bridgehead atoms. The molecule has 3 aromatic rings. The molecular formula is C31H33NO6. The molecule has 198 valence electrons. The molecule has 38 heavy (non-hydrogen) atoms. The maximum Gasteiger partial charge on any atom is 0.251 e. The minimum atomic E-state index is -1.05. The molecule has 2 aliphatic rings. The second kappa shape index (κ2) is 10.2. The number of nitrogens with one attached hydrogen (secondary N) is 1. The van der Waals surface area contributed by atoms with Gasteiger partial charge in [0.15, 0.2) is 11.5 Å². The molecular weight excluding hydrogens is 482 g/mol. The lowest BCUT2D eigenvalue weighted by Gasteiger charge is -2.29. The first-order valence-electron chi connectivity index (χ1n) is 13.0. The predicted molar refractivity (Wildman–Crippen MR) is 143 cm³/mol. The Bertz CT molecular complexity index is 1350. The van der Waals surface area contributed by atoms with Crippen LogP contribution in [-0.4, -0.2) is 47.4 Å². The van der Waals surface area contributed by atoms with Crippen LogP contribution >= 0.6 is 0 Å². The van der Waals surface area contributed by atoms with Gasteiger partial charge in [0.1, 0.15) is 5.78 Å². The molecule has 0 atom stereocenters. The van der Waals surface area contributed by atoms with Crippen LogP contribution in [-0.2, 0) is 16.6 Å². The molecule has 0 aromatic heterocycles. The first-order valence-corrected chi connectivity index (χ1v) is 13.0. The number of hydrogen-bond acceptors (Lipinski definition) is 6. The van der Waals surface area contributed by atoms with Crippen molar-refractivity contribution in [2.75, 3.05) is 20.0 Å². The zero-order valence-electron chi connectivity index (χ0n) is 21.8. The molecule has 0 unspecified atom stereocenters. The summed E-state index contributed by atoms with van der Waals surface area (Å²) < 4.78 is 10.9. The second-order valence-electron chi connectivity index (χ2n) is 10.4. The highest BCUT2D eigenvalue weighted by Gasteiger charge is 2.50. The summed E-state index contributed by atoms with van der Waals surface area (Å²) in [5.41, 5.74) is 3.88. The number of ketones is 1. The third-order valence-corrected chi connectivity index (χ3v) is 7.99. The van der Waals surface area contributed by atoms with E-state index in [9.17, 15) is 19.8 Å². The molecule has 0 saturated heterocycles. The van der Waals surface area contributed by atoms with Gasteiger partial charge in [-0.05, 0) is 78.3 Å². The molecule has 5 rings (SSSR count). The third kappa shape index (κ3) is 4.79. The summed E-state index contributed by atoms with van der Waals surface area (Å²) in [6.45, 7) is 3.35. The number of benzene rings is 3. The van der Waals surface area contributed by atoms with Crippen molar-refractivity contribution in [2.45, 2.75) is 50.5 Å². The summed E-state index contributed by atoms with van der Waals surface area (Å²) in [5.74, 6) is 1.26. The fourth-order valence-corrected chi connectivity index (χ4v) is 5.05. The molecule has 3 aromatic carbocycles. The van der Waals surface area contributed by atoms with Gasteiger partial charge in [-0.3, -0.25) is 9.59 Å². The maximum absolute atomic E-state index is 13.5. The Morgan fingerprint density at radius 3 is 2.32 bits per heavy atom. The van der Waals surface area contributed by atoms with Gasteiger partial charge >= 0.3 is 0 Å². The summed E-state index contributed by atoms with van der Waals surface area (Å²) in [4.78, 5) is 26.2. The standard InChI is InChI=1S/C31H33NO6/c1-3-30(17-33,18-34)32-29(36)23-8-6-22(7-9-23)25-14-21(5-4-20(25)2)15-28(35)31(12-13-31)24-10-11-26-27(16-24)38-19-37-26/h4-11,14,16,33-34H,3,12-13,15,17-19H2,1-2H3,(H,32,36). The summed E-state index contributed by atoms with van der Waals surface area (Å²) in [5, 5.41) is 22.0. The highest BCUT2D eigenvalue weighted by Crippen LogP contribution is 2.51. The van der Waals surface area contributed by atoms with E-state index in [-0.39, 0.29) is 31.7 Å². The largest absolute Gasteiger partial charge is 0.454 e. The molecule has 1 aliphatic carbocycles. The molecule has 1 fully saturated rings. The number of aryl methyl sites for hydroxylation is 1. The van der Waals surface area contributed by atoms with E-state index in [1.165, 1.54) is 0 Å². The van der Waals surface area contributed by atoms with Crippen molar-refractivity contribution in [1.82, 2.24) is 5.32 Å². The Balaban J connectivity index is 1.32. The van der Waals surface area contributed by atoms with Gasteiger partial charge in [-0.25, -0.2) is 0 Å². The van der Waals surface area contributed by atoms with E-state index < -0.39 is 11.0 Å². The van der Waals surface area contributed by atoms with Crippen molar-refractivity contribution in [2.24, 2.45) is 0 Å². The molecule has 1 aliphatic heterocycles. The minimum Gasteiger partial charge on any atom is -0.454 e. The first kappa shape index (κ1) is 25.9. The monoisotopic (exact) mass is 515 g/mol. The summed E-state index contributed by atoms with van der Waals surface area (Å²) in [6, 6.07) is 19.1. The number of rotatable bonds is 10. The van der Waals surface area contributed by atoms with E-state index in [0.29, 0.717) is 24.2 Å². The van der Waals surface area contributed by atoms with Crippen LogP contribution in [0.25, 0.3) is 11.1 Å². The van der Waals surface area contributed by atoms with E-state index >= 15 is 0 Å². The van der Waals surface area contributed by atoms with Crippen LogP contribution in [0.1, 0.15) is 53.2 Å². The van der Waals surface area contributed by atoms with Crippen molar-refractivity contribution in [1.29, 1.82) is 0 Å². The van der Waals surface area contributed by atoms with Gasteiger partial charge in [0.2, 0.25) is 6.79 Å². The van der Waals surface area contributed by atoms with Crippen molar-refractivity contribution in [3.63, 3.8) is 0 Å². The zero-order chi connectivity index (χ0) is 26.9.